The molecule has 0 aliphatic rings. The zero-order valence-electron chi connectivity index (χ0n) is 11.2. The third-order valence-electron chi connectivity index (χ3n) is 2.85. The lowest BCUT2D eigenvalue weighted by Gasteiger charge is -2.11. The van der Waals surface area contributed by atoms with Crippen LogP contribution in [0.3, 0.4) is 0 Å². The minimum Gasteiger partial charge on any atom is -0.439 e. The first-order valence-corrected chi connectivity index (χ1v) is 6.46. The molecular weight excluding hydrogens is 262 g/mol. The number of aromatic nitrogens is 2. The average molecular weight is 278 g/mol. The van der Waals surface area contributed by atoms with Gasteiger partial charge in [-0.25, -0.2) is 4.98 Å². The van der Waals surface area contributed by atoms with Gasteiger partial charge in [-0.3, -0.25) is 0 Å². The standard InChI is InChI=1S/C14H16ClN3O/c1-4-12-17-13(16)9(3)14(18-12)19-10-5-6-11(15)8(2)7-10/h5-7H,4H2,1-3H3,(H2,16,17,18). The SMILES string of the molecule is CCc1nc(N)c(C)c(Oc2ccc(Cl)c(C)c2)n1. The predicted octanol–water partition coefficient (Wildman–Crippen LogP) is 3.68. The van der Waals surface area contributed by atoms with Gasteiger partial charge in [0.15, 0.2) is 0 Å². The van der Waals surface area contributed by atoms with Crippen molar-refractivity contribution in [2.75, 3.05) is 5.73 Å². The summed E-state index contributed by atoms with van der Waals surface area (Å²) in [6, 6.07) is 5.47. The molecule has 1 aromatic carbocycles. The van der Waals surface area contributed by atoms with Crippen LogP contribution in [0.2, 0.25) is 5.02 Å². The van der Waals surface area contributed by atoms with Gasteiger partial charge >= 0.3 is 0 Å². The molecule has 0 spiro atoms. The van der Waals surface area contributed by atoms with Gasteiger partial charge in [-0.15, -0.1) is 0 Å². The van der Waals surface area contributed by atoms with Crippen LogP contribution < -0.4 is 10.5 Å². The van der Waals surface area contributed by atoms with E-state index in [-0.39, 0.29) is 0 Å². The Morgan fingerprint density at radius 3 is 2.63 bits per heavy atom. The van der Waals surface area contributed by atoms with Gasteiger partial charge in [0.25, 0.3) is 0 Å². The zero-order valence-corrected chi connectivity index (χ0v) is 12.0. The number of benzene rings is 1. The quantitative estimate of drug-likeness (QED) is 0.929. The second kappa shape index (κ2) is 5.45. The predicted molar refractivity (Wildman–Crippen MR) is 76.8 cm³/mol. The molecule has 19 heavy (non-hydrogen) atoms. The topological polar surface area (TPSA) is 61.0 Å². The van der Waals surface area contributed by atoms with Gasteiger partial charge in [0, 0.05) is 11.4 Å². The van der Waals surface area contributed by atoms with Crippen molar-refractivity contribution in [1.82, 2.24) is 9.97 Å². The maximum absolute atomic E-state index is 5.99. The van der Waals surface area contributed by atoms with Crippen molar-refractivity contribution in [1.29, 1.82) is 0 Å². The van der Waals surface area contributed by atoms with Crippen molar-refractivity contribution in [2.45, 2.75) is 27.2 Å². The number of anilines is 1. The Morgan fingerprint density at radius 1 is 1.26 bits per heavy atom. The summed E-state index contributed by atoms with van der Waals surface area (Å²) in [6.45, 7) is 5.74. The van der Waals surface area contributed by atoms with Gasteiger partial charge in [0.05, 0.1) is 5.56 Å². The number of ether oxygens (including phenoxy) is 1. The monoisotopic (exact) mass is 277 g/mol. The van der Waals surface area contributed by atoms with Gasteiger partial charge in [-0.1, -0.05) is 18.5 Å². The molecule has 0 aliphatic carbocycles. The van der Waals surface area contributed by atoms with Crippen LogP contribution in [0.1, 0.15) is 23.9 Å². The Labute approximate surface area is 117 Å². The Morgan fingerprint density at radius 2 is 2.00 bits per heavy atom. The maximum Gasteiger partial charge on any atom is 0.227 e. The van der Waals surface area contributed by atoms with Crippen molar-refractivity contribution in [3.05, 3.63) is 40.2 Å². The van der Waals surface area contributed by atoms with Gasteiger partial charge < -0.3 is 10.5 Å². The number of nitrogens with zero attached hydrogens (tertiary/aromatic N) is 2. The van der Waals surface area contributed by atoms with Gasteiger partial charge in [-0.05, 0) is 37.6 Å². The zero-order chi connectivity index (χ0) is 14.0. The lowest BCUT2D eigenvalue weighted by Crippen LogP contribution is -2.04. The van der Waals surface area contributed by atoms with E-state index in [4.69, 9.17) is 22.1 Å². The number of nitrogen functional groups attached to an aromatic ring is 1. The molecule has 0 bridgehead atoms. The molecule has 4 nitrogen and oxygen atoms in total. The van der Waals surface area contributed by atoms with E-state index in [1.54, 1.807) is 12.1 Å². The summed E-state index contributed by atoms with van der Waals surface area (Å²) in [6.07, 6.45) is 0.709. The second-order valence-electron chi connectivity index (χ2n) is 4.32. The summed E-state index contributed by atoms with van der Waals surface area (Å²) in [7, 11) is 0. The van der Waals surface area contributed by atoms with Gasteiger partial charge in [-0.2, -0.15) is 4.98 Å². The van der Waals surface area contributed by atoms with Crippen molar-refractivity contribution < 1.29 is 4.74 Å². The van der Waals surface area contributed by atoms with E-state index in [2.05, 4.69) is 9.97 Å². The molecule has 100 valence electrons. The van der Waals surface area contributed by atoms with E-state index in [0.717, 1.165) is 11.1 Å². The molecule has 0 saturated heterocycles. The number of rotatable bonds is 3. The fourth-order valence-electron chi connectivity index (χ4n) is 1.61. The number of aryl methyl sites for hydroxylation is 2. The Balaban J connectivity index is 2.37. The van der Waals surface area contributed by atoms with Crippen LogP contribution in [0.15, 0.2) is 18.2 Å². The molecule has 2 N–H and O–H groups in total. The average Bonchev–Trinajstić information content (AvgIpc) is 2.39. The molecule has 1 heterocycles. The maximum atomic E-state index is 5.99. The molecule has 0 saturated carbocycles. The van der Waals surface area contributed by atoms with Gasteiger partial charge in [0.2, 0.25) is 5.88 Å². The van der Waals surface area contributed by atoms with Crippen molar-refractivity contribution in [3.63, 3.8) is 0 Å². The van der Waals surface area contributed by atoms with Gasteiger partial charge in [0.1, 0.15) is 17.4 Å². The van der Waals surface area contributed by atoms with E-state index >= 15 is 0 Å². The third-order valence-corrected chi connectivity index (χ3v) is 3.27. The molecule has 2 rings (SSSR count). The van der Waals surface area contributed by atoms with E-state index in [1.165, 1.54) is 0 Å². The lowest BCUT2D eigenvalue weighted by atomic mass is 10.2. The van der Waals surface area contributed by atoms with Crippen LogP contribution in [0.5, 0.6) is 11.6 Å². The normalized spacial score (nSPS) is 10.5. The molecule has 5 heteroatoms. The first kappa shape index (κ1) is 13.6. The molecule has 2 aromatic rings. The molecule has 0 atom stereocenters. The molecular formula is C14H16ClN3O. The second-order valence-corrected chi connectivity index (χ2v) is 4.73. The molecule has 0 radical (unpaired) electrons. The molecule has 0 aliphatic heterocycles. The number of nitrogens with two attached hydrogens (primary N) is 1. The van der Waals surface area contributed by atoms with Crippen molar-refractivity contribution in [2.24, 2.45) is 0 Å². The number of halogens is 1. The summed E-state index contributed by atoms with van der Waals surface area (Å²) in [4.78, 5) is 8.54. The van der Waals surface area contributed by atoms with Crippen LogP contribution >= 0.6 is 11.6 Å². The van der Waals surface area contributed by atoms with E-state index in [0.29, 0.717) is 34.7 Å². The van der Waals surface area contributed by atoms with Crippen molar-refractivity contribution in [3.8, 4) is 11.6 Å². The summed E-state index contributed by atoms with van der Waals surface area (Å²) < 4.78 is 5.78. The highest BCUT2D eigenvalue weighted by Crippen LogP contribution is 2.28. The first-order valence-electron chi connectivity index (χ1n) is 6.08. The first-order chi connectivity index (χ1) is 9.01. The van der Waals surface area contributed by atoms with E-state index in [9.17, 15) is 0 Å². The van der Waals surface area contributed by atoms with Crippen LogP contribution in [0.4, 0.5) is 5.82 Å². The van der Waals surface area contributed by atoms with Crippen LogP contribution in [-0.4, -0.2) is 9.97 Å². The molecule has 0 fully saturated rings. The molecule has 0 amide bonds. The van der Waals surface area contributed by atoms with E-state index < -0.39 is 0 Å². The summed E-state index contributed by atoms with van der Waals surface area (Å²) in [5, 5.41) is 0.709. The summed E-state index contributed by atoms with van der Waals surface area (Å²) >= 11 is 5.99. The Hall–Kier alpha value is -1.81. The van der Waals surface area contributed by atoms with Crippen molar-refractivity contribution >= 4 is 17.4 Å². The fraction of sp³-hybridized carbons (Fsp3) is 0.286. The minimum atomic E-state index is 0.451. The van der Waals surface area contributed by atoms with E-state index in [1.807, 2.05) is 26.8 Å². The van der Waals surface area contributed by atoms with Crippen LogP contribution in [-0.2, 0) is 6.42 Å². The minimum absolute atomic E-state index is 0.451. The number of hydrogen-bond donors (Lipinski definition) is 1. The Bertz CT molecular complexity index is 614. The smallest absolute Gasteiger partial charge is 0.227 e. The summed E-state index contributed by atoms with van der Waals surface area (Å²) in [5.74, 6) is 2.30. The summed E-state index contributed by atoms with van der Waals surface area (Å²) in [5.41, 5.74) is 7.55. The largest absolute Gasteiger partial charge is 0.439 e. The highest BCUT2D eigenvalue weighted by molar-refractivity contribution is 6.31. The lowest BCUT2D eigenvalue weighted by molar-refractivity contribution is 0.455. The molecule has 0 unspecified atom stereocenters. The highest BCUT2D eigenvalue weighted by Gasteiger charge is 2.10. The number of hydrogen-bond acceptors (Lipinski definition) is 4. The molecule has 1 aromatic heterocycles. The highest BCUT2D eigenvalue weighted by atomic mass is 35.5. The Kier molecular flexibility index (Phi) is 3.90. The third kappa shape index (κ3) is 2.96. The van der Waals surface area contributed by atoms with Crippen LogP contribution in [0, 0.1) is 13.8 Å². The van der Waals surface area contributed by atoms with Crippen LogP contribution in [0.25, 0.3) is 0 Å². The fourth-order valence-corrected chi connectivity index (χ4v) is 1.73.